The van der Waals surface area contributed by atoms with Gasteiger partial charge in [-0.15, -0.1) is 0 Å². The highest BCUT2D eigenvalue weighted by Gasteiger charge is 2.34. The summed E-state index contributed by atoms with van der Waals surface area (Å²) in [4.78, 5) is 12.0. The van der Waals surface area contributed by atoms with Gasteiger partial charge in [-0.2, -0.15) is 0 Å². The molecule has 0 aliphatic carbocycles. The molecular weight excluding hydrogens is 518 g/mol. The van der Waals surface area contributed by atoms with Crippen LogP contribution in [-0.2, 0) is 9.53 Å². The monoisotopic (exact) mass is 554 g/mol. The van der Waals surface area contributed by atoms with E-state index in [1.807, 2.05) is 13.8 Å². The number of likely N-dealkylation sites (N-methyl/N-ethyl adjacent to an activating group) is 2. The predicted molar refractivity (Wildman–Crippen MR) is 86.9 cm³/mol. The van der Waals surface area contributed by atoms with E-state index < -0.39 is 0 Å². The van der Waals surface area contributed by atoms with Gasteiger partial charge in [0.15, 0.2) is 0 Å². The van der Waals surface area contributed by atoms with Crippen molar-refractivity contribution in [1.82, 2.24) is 0 Å². The van der Waals surface area contributed by atoms with E-state index in [9.17, 15) is 4.79 Å². The minimum atomic E-state index is -0.333. The van der Waals surface area contributed by atoms with E-state index >= 15 is 0 Å². The molecule has 0 atom stereocenters. The first kappa shape index (κ1) is 26.1. The summed E-state index contributed by atoms with van der Waals surface area (Å²) in [5.74, 6) is -0.0385. The molecule has 1 heterocycles. The first-order chi connectivity index (χ1) is 9.60. The van der Waals surface area contributed by atoms with Gasteiger partial charge in [-0.25, -0.2) is 0 Å². The normalized spacial score (nSPS) is 19.2. The predicted octanol–water partition coefficient (Wildman–Crippen LogP) is -3.71. The molecule has 6 heteroatoms. The fourth-order valence-corrected chi connectivity index (χ4v) is 3.01. The molecule has 1 rings (SSSR count). The van der Waals surface area contributed by atoms with E-state index in [0.717, 1.165) is 34.8 Å². The van der Waals surface area contributed by atoms with E-state index in [4.69, 9.17) is 4.74 Å². The van der Waals surface area contributed by atoms with Crippen LogP contribution in [-0.4, -0.2) is 75.4 Å². The third-order valence-electron chi connectivity index (χ3n) is 4.99. The van der Waals surface area contributed by atoms with E-state index in [0.29, 0.717) is 6.61 Å². The maximum absolute atomic E-state index is 12.0. The number of hydrogen-bond acceptors (Lipinski definition) is 2. The van der Waals surface area contributed by atoms with Gasteiger partial charge in [-0.05, 0) is 20.3 Å². The van der Waals surface area contributed by atoms with Crippen molar-refractivity contribution in [3.63, 3.8) is 0 Å². The number of hydrogen-bond donors (Lipinski definition) is 0. The Balaban J connectivity index is 0. The summed E-state index contributed by atoms with van der Waals surface area (Å²) in [5, 5.41) is 0. The zero-order valence-corrected chi connectivity index (χ0v) is 20.1. The van der Waals surface area contributed by atoms with Gasteiger partial charge >= 0.3 is 5.97 Å². The fourth-order valence-electron chi connectivity index (χ4n) is 3.01. The molecule has 1 saturated heterocycles. The highest BCUT2D eigenvalue weighted by atomic mass is 127. The molecule has 0 radical (unpaired) electrons. The molecular formula is C17H36I2N2O2. The van der Waals surface area contributed by atoms with Gasteiger partial charge < -0.3 is 61.7 Å². The molecule has 0 spiro atoms. The Bertz CT molecular complexity index is 351. The number of carbonyl (C=O) groups excluding carboxylic acids is 1. The Morgan fingerprint density at radius 2 is 1.57 bits per heavy atom. The first-order valence-corrected chi connectivity index (χ1v) is 8.43. The van der Waals surface area contributed by atoms with E-state index in [2.05, 4.69) is 28.1 Å². The Kier molecular flexibility index (Phi) is 12.2. The lowest BCUT2D eigenvalue weighted by Gasteiger charge is -2.44. The SMILES string of the molecule is CCCC(C)(C)C(=O)OCCC[N+]1(C)CC[N+](C)(C)CC1.[I-].[I-]. The van der Waals surface area contributed by atoms with Crippen LogP contribution in [0.25, 0.3) is 0 Å². The van der Waals surface area contributed by atoms with Crippen molar-refractivity contribution >= 4 is 5.97 Å². The molecule has 0 amide bonds. The molecule has 140 valence electrons. The number of piperazine rings is 1. The fraction of sp³-hybridized carbons (Fsp3) is 0.941. The Labute approximate surface area is 177 Å². The molecule has 1 aliphatic rings. The third-order valence-corrected chi connectivity index (χ3v) is 4.99. The quantitative estimate of drug-likeness (QED) is 0.140. The van der Waals surface area contributed by atoms with E-state index in [1.54, 1.807) is 0 Å². The highest BCUT2D eigenvalue weighted by molar-refractivity contribution is 5.75. The molecule has 0 bridgehead atoms. The summed E-state index contributed by atoms with van der Waals surface area (Å²) in [6.07, 6.45) is 2.88. The number of nitrogens with zero attached hydrogens (tertiary/aromatic N) is 2. The maximum atomic E-state index is 12.0. The van der Waals surface area contributed by atoms with Crippen LogP contribution in [0.2, 0.25) is 0 Å². The Morgan fingerprint density at radius 3 is 2.04 bits per heavy atom. The zero-order chi connectivity index (χ0) is 16.1. The summed E-state index contributed by atoms with van der Waals surface area (Å²) < 4.78 is 7.74. The van der Waals surface area contributed by atoms with Gasteiger partial charge in [-0.3, -0.25) is 4.79 Å². The minimum absolute atomic E-state index is 0. The van der Waals surface area contributed by atoms with E-state index in [1.165, 1.54) is 26.2 Å². The van der Waals surface area contributed by atoms with Crippen molar-refractivity contribution in [2.24, 2.45) is 5.41 Å². The first-order valence-electron chi connectivity index (χ1n) is 8.43. The van der Waals surface area contributed by atoms with Crippen molar-refractivity contribution in [2.75, 3.05) is 60.5 Å². The topological polar surface area (TPSA) is 26.3 Å². The number of halogens is 2. The molecule has 0 saturated carbocycles. The third kappa shape index (κ3) is 9.21. The highest BCUT2D eigenvalue weighted by Crippen LogP contribution is 2.24. The van der Waals surface area contributed by atoms with Gasteiger partial charge in [-0.1, -0.05) is 13.3 Å². The summed E-state index contributed by atoms with van der Waals surface area (Å²) >= 11 is 0. The number of esters is 1. The largest absolute Gasteiger partial charge is 1.00 e. The second-order valence-electron chi connectivity index (χ2n) is 8.30. The summed E-state index contributed by atoms with van der Waals surface area (Å²) in [6, 6.07) is 0. The van der Waals surface area contributed by atoms with Crippen LogP contribution in [0.3, 0.4) is 0 Å². The molecule has 1 aliphatic heterocycles. The number of ether oxygens (including phenoxy) is 1. The van der Waals surface area contributed by atoms with Gasteiger partial charge in [0.2, 0.25) is 0 Å². The van der Waals surface area contributed by atoms with Crippen molar-refractivity contribution in [1.29, 1.82) is 0 Å². The smallest absolute Gasteiger partial charge is 0.311 e. The lowest BCUT2D eigenvalue weighted by Crippen LogP contribution is -3.00. The average molecular weight is 554 g/mol. The molecule has 0 unspecified atom stereocenters. The van der Waals surface area contributed by atoms with Crippen molar-refractivity contribution < 1.29 is 66.5 Å². The molecule has 23 heavy (non-hydrogen) atoms. The second kappa shape index (κ2) is 10.8. The minimum Gasteiger partial charge on any atom is -1.00 e. The van der Waals surface area contributed by atoms with Gasteiger partial charge in [0.1, 0.15) is 26.2 Å². The van der Waals surface area contributed by atoms with Crippen LogP contribution in [0.15, 0.2) is 0 Å². The molecule has 0 aromatic carbocycles. The molecule has 0 aromatic rings. The summed E-state index contributed by atoms with van der Waals surface area (Å²) in [7, 11) is 6.95. The van der Waals surface area contributed by atoms with Gasteiger partial charge in [0.25, 0.3) is 0 Å². The molecule has 0 N–H and O–H groups in total. The van der Waals surface area contributed by atoms with Crippen LogP contribution >= 0.6 is 0 Å². The molecule has 0 aromatic heterocycles. The lowest BCUT2D eigenvalue weighted by molar-refractivity contribution is -1.01. The van der Waals surface area contributed by atoms with Gasteiger partial charge in [0.05, 0.1) is 39.7 Å². The van der Waals surface area contributed by atoms with Gasteiger partial charge in [0, 0.05) is 6.42 Å². The summed E-state index contributed by atoms with van der Waals surface area (Å²) in [5.41, 5.74) is -0.333. The second-order valence-corrected chi connectivity index (χ2v) is 8.30. The number of carbonyl (C=O) groups is 1. The Hall–Kier alpha value is 0.850. The van der Waals surface area contributed by atoms with Crippen LogP contribution < -0.4 is 48.0 Å². The van der Waals surface area contributed by atoms with Crippen LogP contribution in [0, 0.1) is 5.41 Å². The van der Waals surface area contributed by atoms with Crippen LogP contribution in [0.4, 0.5) is 0 Å². The Morgan fingerprint density at radius 1 is 1.04 bits per heavy atom. The van der Waals surface area contributed by atoms with Crippen LogP contribution in [0.5, 0.6) is 0 Å². The maximum Gasteiger partial charge on any atom is 0.311 e. The van der Waals surface area contributed by atoms with Crippen molar-refractivity contribution in [3.05, 3.63) is 0 Å². The average Bonchev–Trinajstić information content (AvgIpc) is 2.39. The van der Waals surface area contributed by atoms with E-state index in [-0.39, 0.29) is 59.3 Å². The van der Waals surface area contributed by atoms with Crippen LogP contribution in [0.1, 0.15) is 40.0 Å². The summed E-state index contributed by atoms with van der Waals surface area (Å²) in [6.45, 7) is 12.7. The number of rotatable bonds is 7. The van der Waals surface area contributed by atoms with Crippen molar-refractivity contribution in [3.8, 4) is 0 Å². The molecule has 4 nitrogen and oxygen atoms in total. The standard InChI is InChI=1S/C17H36N2O2.2HI/c1-7-9-17(2,3)16(20)21-15-8-10-19(6)13-11-18(4,5)12-14-19;;/h7-15H2,1-6H3;2*1H/q+2;;/p-2. The number of quaternary nitrogens is 2. The zero-order valence-electron chi connectivity index (χ0n) is 15.8. The molecule has 1 fully saturated rings. The lowest BCUT2D eigenvalue weighted by atomic mass is 9.88. The van der Waals surface area contributed by atoms with Crippen molar-refractivity contribution in [2.45, 2.75) is 40.0 Å².